The number of carbonyl (C=O) groups is 1. The van der Waals surface area contributed by atoms with Gasteiger partial charge < -0.3 is 10.0 Å². The fraction of sp³-hybridized carbons (Fsp3) is 0.923. The van der Waals surface area contributed by atoms with E-state index in [2.05, 4.69) is 0 Å². The summed E-state index contributed by atoms with van der Waals surface area (Å²) in [6.45, 7) is 1.90. The van der Waals surface area contributed by atoms with Crippen LogP contribution in [0, 0.1) is 11.3 Å². The van der Waals surface area contributed by atoms with E-state index in [0.29, 0.717) is 5.75 Å². The molecule has 0 aromatic rings. The SMILES string of the molecule is CSCC(=O)N1CCC[C@@](CO)(CC2CC2)C1. The maximum absolute atomic E-state index is 11.9. The Hall–Kier alpha value is -0.220. The van der Waals surface area contributed by atoms with E-state index < -0.39 is 0 Å². The van der Waals surface area contributed by atoms with Gasteiger partial charge in [-0.25, -0.2) is 0 Å². The van der Waals surface area contributed by atoms with Crippen molar-refractivity contribution in [1.82, 2.24) is 4.90 Å². The van der Waals surface area contributed by atoms with Gasteiger partial charge in [0.2, 0.25) is 5.91 Å². The number of hydrogen-bond acceptors (Lipinski definition) is 3. The molecule has 1 saturated carbocycles. The van der Waals surface area contributed by atoms with Crippen LogP contribution in [0.5, 0.6) is 0 Å². The number of rotatable bonds is 5. The maximum atomic E-state index is 11.9. The summed E-state index contributed by atoms with van der Waals surface area (Å²) >= 11 is 1.58. The smallest absolute Gasteiger partial charge is 0.232 e. The van der Waals surface area contributed by atoms with E-state index in [1.165, 1.54) is 12.8 Å². The zero-order chi connectivity index (χ0) is 12.3. The fourth-order valence-electron chi connectivity index (χ4n) is 2.93. The highest BCUT2D eigenvalue weighted by Crippen LogP contribution is 2.44. The maximum Gasteiger partial charge on any atom is 0.232 e. The molecule has 2 aliphatic rings. The van der Waals surface area contributed by atoms with Gasteiger partial charge in [-0.05, 0) is 31.4 Å². The highest BCUT2D eigenvalue weighted by Gasteiger charge is 2.40. The normalized spacial score (nSPS) is 29.4. The van der Waals surface area contributed by atoms with Gasteiger partial charge in [0.25, 0.3) is 0 Å². The summed E-state index contributed by atoms with van der Waals surface area (Å²) in [6.07, 6.45) is 7.86. The molecular formula is C13H23NO2S. The Kier molecular flexibility index (Phi) is 4.36. The molecule has 1 atom stereocenters. The van der Waals surface area contributed by atoms with Gasteiger partial charge in [0, 0.05) is 18.5 Å². The highest BCUT2D eigenvalue weighted by molar-refractivity contribution is 7.99. The molecule has 3 nitrogen and oxygen atoms in total. The Balaban J connectivity index is 1.95. The van der Waals surface area contributed by atoms with Gasteiger partial charge in [-0.15, -0.1) is 0 Å². The minimum absolute atomic E-state index is 0.00743. The second-order valence-electron chi connectivity index (χ2n) is 5.66. The molecular weight excluding hydrogens is 234 g/mol. The average molecular weight is 257 g/mol. The molecule has 2 fully saturated rings. The van der Waals surface area contributed by atoms with Crippen molar-refractivity contribution in [1.29, 1.82) is 0 Å². The standard InChI is InChI=1S/C13H23NO2S/c1-17-8-12(16)14-6-2-5-13(9-14,10-15)7-11-3-4-11/h11,15H,2-10H2,1H3/t13-/m1/s1. The number of carbonyl (C=O) groups excluding carboxylic acids is 1. The molecule has 1 aliphatic heterocycles. The molecule has 0 aromatic heterocycles. The van der Waals surface area contributed by atoms with Crippen molar-refractivity contribution in [2.45, 2.75) is 32.1 Å². The Labute approximate surface area is 108 Å². The van der Waals surface area contributed by atoms with Crippen LogP contribution in [0.15, 0.2) is 0 Å². The van der Waals surface area contributed by atoms with Gasteiger partial charge in [0.15, 0.2) is 0 Å². The Morgan fingerprint density at radius 3 is 2.88 bits per heavy atom. The Bertz CT molecular complexity index is 281. The van der Waals surface area contributed by atoms with E-state index in [1.54, 1.807) is 11.8 Å². The summed E-state index contributed by atoms with van der Waals surface area (Å²) in [7, 11) is 0. The molecule has 17 heavy (non-hydrogen) atoms. The van der Waals surface area contributed by atoms with E-state index in [0.717, 1.165) is 38.3 Å². The van der Waals surface area contributed by atoms with Gasteiger partial charge in [-0.2, -0.15) is 11.8 Å². The number of aliphatic hydroxyl groups is 1. The summed E-state index contributed by atoms with van der Waals surface area (Å²) in [5.74, 6) is 1.63. The molecule has 1 saturated heterocycles. The number of nitrogens with zero attached hydrogens (tertiary/aromatic N) is 1. The molecule has 4 heteroatoms. The quantitative estimate of drug-likeness (QED) is 0.816. The molecule has 0 radical (unpaired) electrons. The van der Waals surface area contributed by atoms with Crippen molar-refractivity contribution in [3.8, 4) is 0 Å². The predicted molar refractivity (Wildman–Crippen MR) is 71.1 cm³/mol. The molecule has 1 heterocycles. The largest absolute Gasteiger partial charge is 0.396 e. The van der Waals surface area contributed by atoms with Gasteiger partial charge in [0.1, 0.15) is 0 Å². The van der Waals surface area contributed by atoms with Crippen molar-refractivity contribution in [2.75, 3.05) is 31.7 Å². The van der Waals surface area contributed by atoms with Crippen LogP contribution in [0.2, 0.25) is 0 Å². The summed E-state index contributed by atoms with van der Waals surface area (Å²) in [5, 5.41) is 9.70. The summed E-state index contributed by atoms with van der Waals surface area (Å²) < 4.78 is 0. The van der Waals surface area contributed by atoms with Crippen LogP contribution in [0.4, 0.5) is 0 Å². The zero-order valence-electron chi connectivity index (χ0n) is 10.7. The van der Waals surface area contributed by atoms with Crippen molar-refractivity contribution in [2.24, 2.45) is 11.3 Å². The highest BCUT2D eigenvalue weighted by atomic mass is 32.2. The minimum atomic E-state index is 0.00743. The molecule has 98 valence electrons. The van der Waals surface area contributed by atoms with Crippen LogP contribution in [0.3, 0.4) is 0 Å². The first-order valence-corrected chi connectivity index (χ1v) is 7.96. The number of piperidine rings is 1. The third kappa shape index (κ3) is 3.38. The minimum Gasteiger partial charge on any atom is -0.396 e. The topological polar surface area (TPSA) is 40.5 Å². The van der Waals surface area contributed by atoms with Crippen molar-refractivity contribution >= 4 is 17.7 Å². The third-order valence-electron chi connectivity index (χ3n) is 4.04. The molecule has 0 unspecified atom stereocenters. The van der Waals surface area contributed by atoms with Gasteiger partial charge in [-0.1, -0.05) is 12.8 Å². The molecule has 1 amide bonds. The number of hydrogen-bond donors (Lipinski definition) is 1. The molecule has 2 rings (SSSR count). The first-order chi connectivity index (χ1) is 8.19. The third-order valence-corrected chi connectivity index (χ3v) is 4.57. The van der Waals surface area contributed by atoms with Crippen molar-refractivity contribution < 1.29 is 9.90 Å². The number of aliphatic hydroxyl groups excluding tert-OH is 1. The fourth-order valence-corrected chi connectivity index (χ4v) is 3.36. The van der Waals surface area contributed by atoms with Crippen LogP contribution in [0.25, 0.3) is 0 Å². The predicted octanol–water partition coefficient (Wildman–Crippen LogP) is 1.75. The Morgan fingerprint density at radius 1 is 1.53 bits per heavy atom. The molecule has 0 bridgehead atoms. The van der Waals surface area contributed by atoms with Crippen molar-refractivity contribution in [3.63, 3.8) is 0 Å². The summed E-state index contributed by atoms with van der Waals surface area (Å²) in [6, 6.07) is 0. The number of likely N-dealkylation sites (tertiary alicyclic amines) is 1. The lowest BCUT2D eigenvalue weighted by molar-refractivity contribution is -0.133. The van der Waals surface area contributed by atoms with Crippen LogP contribution >= 0.6 is 11.8 Å². The van der Waals surface area contributed by atoms with Crippen molar-refractivity contribution in [3.05, 3.63) is 0 Å². The summed E-state index contributed by atoms with van der Waals surface area (Å²) in [4.78, 5) is 13.9. The lowest BCUT2D eigenvalue weighted by Crippen LogP contribution is -2.48. The number of amides is 1. The van der Waals surface area contributed by atoms with E-state index in [1.807, 2.05) is 11.2 Å². The van der Waals surface area contributed by atoms with E-state index >= 15 is 0 Å². The van der Waals surface area contributed by atoms with Crippen LogP contribution in [-0.2, 0) is 4.79 Å². The zero-order valence-corrected chi connectivity index (χ0v) is 11.5. The molecule has 1 N–H and O–H groups in total. The van der Waals surface area contributed by atoms with E-state index in [4.69, 9.17) is 0 Å². The average Bonchev–Trinajstić information content (AvgIpc) is 3.13. The van der Waals surface area contributed by atoms with Crippen LogP contribution < -0.4 is 0 Å². The lowest BCUT2D eigenvalue weighted by atomic mass is 9.76. The summed E-state index contributed by atoms with van der Waals surface area (Å²) in [5.41, 5.74) is 0.00743. The van der Waals surface area contributed by atoms with E-state index in [9.17, 15) is 9.90 Å². The second-order valence-corrected chi connectivity index (χ2v) is 6.52. The van der Waals surface area contributed by atoms with E-state index in [-0.39, 0.29) is 17.9 Å². The van der Waals surface area contributed by atoms with Gasteiger partial charge >= 0.3 is 0 Å². The first-order valence-electron chi connectivity index (χ1n) is 6.57. The Morgan fingerprint density at radius 2 is 2.29 bits per heavy atom. The molecule has 0 spiro atoms. The monoisotopic (exact) mass is 257 g/mol. The second kappa shape index (κ2) is 5.61. The number of thioether (sulfide) groups is 1. The molecule has 0 aromatic carbocycles. The van der Waals surface area contributed by atoms with Gasteiger partial charge in [-0.3, -0.25) is 4.79 Å². The van der Waals surface area contributed by atoms with Crippen LogP contribution in [0.1, 0.15) is 32.1 Å². The first kappa shape index (κ1) is 13.2. The lowest BCUT2D eigenvalue weighted by Gasteiger charge is -2.42. The van der Waals surface area contributed by atoms with Crippen LogP contribution in [-0.4, -0.2) is 47.6 Å². The van der Waals surface area contributed by atoms with Gasteiger partial charge in [0.05, 0.1) is 12.4 Å². The molecule has 1 aliphatic carbocycles.